The molecule has 0 bridgehead atoms. The van der Waals surface area contributed by atoms with E-state index in [1.807, 2.05) is 24.3 Å². The molecule has 0 unspecified atom stereocenters. The highest BCUT2D eigenvalue weighted by molar-refractivity contribution is 14.1. The first-order chi connectivity index (χ1) is 8.19. The van der Waals surface area contributed by atoms with Gasteiger partial charge in [0.2, 0.25) is 5.88 Å². The number of pyridine rings is 1. The van der Waals surface area contributed by atoms with Gasteiger partial charge >= 0.3 is 0 Å². The van der Waals surface area contributed by atoms with Gasteiger partial charge in [-0.15, -0.1) is 11.6 Å². The Labute approximate surface area is 123 Å². The Hall–Kier alpha value is -0.520. The molecule has 0 fully saturated rings. The number of aromatic nitrogens is 1. The normalized spacial score (nSPS) is 10.3. The lowest BCUT2D eigenvalue weighted by Gasteiger charge is -2.06. The van der Waals surface area contributed by atoms with E-state index >= 15 is 0 Å². The maximum absolute atomic E-state index is 5.92. The van der Waals surface area contributed by atoms with Gasteiger partial charge in [-0.2, -0.15) is 0 Å². The van der Waals surface area contributed by atoms with Crippen molar-refractivity contribution < 1.29 is 4.74 Å². The Morgan fingerprint density at radius 1 is 1.24 bits per heavy atom. The molecule has 0 atom stereocenters. The third-order valence-electron chi connectivity index (χ3n) is 2.09. The molecular weight excluding hydrogens is 372 g/mol. The summed E-state index contributed by atoms with van der Waals surface area (Å²) in [5.41, 5.74) is 0.809. The number of hydrogen-bond acceptors (Lipinski definition) is 2. The Morgan fingerprint density at radius 3 is 2.59 bits per heavy atom. The molecule has 88 valence electrons. The van der Waals surface area contributed by atoms with Gasteiger partial charge < -0.3 is 4.74 Å². The Balaban J connectivity index is 2.21. The SMILES string of the molecule is ClCc1cc(Oc2ccc(I)cc2)ncc1Cl. The van der Waals surface area contributed by atoms with Crippen molar-refractivity contribution in [2.75, 3.05) is 0 Å². The second kappa shape index (κ2) is 5.89. The van der Waals surface area contributed by atoms with Crippen molar-refractivity contribution in [3.63, 3.8) is 0 Å². The van der Waals surface area contributed by atoms with Crippen molar-refractivity contribution in [1.82, 2.24) is 4.98 Å². The minimum absolute atomic E-state index is 0.338. The highest BCUT2D eigenvalue weighted by Crippen LogP contribution is 2.25. The molecule has 2 nitrogen and oxygen atoms in total. The molecule has 0 saturated carbocycles. The second-order valence-electron chi connectivity index (χ2n) is 3.30. The third kappa shape index (κ3) is 3.47. The van der Waals surface area contributed by atoms with Gasteiger partial charge in [-0.1, -0.05) is 11.6 Å². The number of ether oxygens (including phenoxy) is 1. The maximum atomic E-state index is 5.92. The van der Waals surface area contributed by atoms with Crippen LogP contribution in [0.2, 0.25) is 5.02 Å². The standard InChI is InChI=1S/C12H8Cl2INO/c13-6-8-5-12(16-7-11(8)14)17-10-3-1-9(15)2-4-10/h1-5,7H,6H2. The first-order valence-electron chi connectivity index (χ1n) is 4.83. The molecule has 0 aliphatic rings. The number of alkyl halides is 1. The van der Waals surface area contributed by atoms with Crippen LogP contribution in [0.15, 0.2) is 36.5 Å². The molecular formula is C12H8Cl2INO. The van der Waals surface area contributed by atoms with Crippen molar-refractivity contribution in [1.29, 1.82) is 0 Å². The molecule has 0 spiro atoms. The van der Waals surface area contributed by atoms with E-state index in [0.29, 0.717) is 16.8 Å². The number of benzene rings is 1. The Kier molecular flexibility index (Phi) is 4.48. The topological polar surface area (TPSA) is 22.1 Å². The summed E-state index contributed by atoms with van der Waals surface area (Å²) in [7, 11) is 0. The van der Waals surface area contributed by atoms with Crippen LogP contribution in [0.5, 0.6) is 11.6 Å². The van der Waals surface area contributed by atoms with Crippen LogP contribution in [0, 0.1) is 3.57 Å². The van der Waals surface area contributed by atoms with Crippen LogP contribution in [0.4, 0.5) is 0 Å². The van der Waals surface area contributed by atoms with Gasteiger partial charge in [0.25, 0.3) is 0 Å². The molecule has 0 aliphatic carbocycles. The fourth-order valence-corrected chi connectivity index (χ4v) is 2.06. The summed E-state index contributed by atoms with van der Waals surface area (Å²) in [6, 6.07) is 9.45. The molecule has 2 rings (SSSR count). The summed E-state index contributed by atoms with van der Waals surface area (Å²) in [4.78, 5) is 4.09. The van der Waals surface area contributed by atoms with Gasteiger partial charge in [0, 0.05) is 21.7 Å². The predicted octanol–water partition coefficient (Wildman–Crippen LogP) is 4.87. The summed E-state index contributed by atoms with van der Waals surface area (Å²) >= 11 is 13.9. The average Bonchev–Trinajstić information content (AvgIpc) is 2.34. The zero-order chi connectivity index (χ0) is 12.3. The van der Waals surface area contributed by atoms with Gasteiger partial charge in [-0.05, 0) is 52.4 Å². The van der Waals surface area contributed by atoms with E-state index in [1.54, 1.807) is 12.3 Å². The number of nitrogens with zero attached hydrogens (tertiary/aromatic N) is 1. The number of rotatable bonds is 3. The maximum Gasteiger partial charge on any atom is 0.219 e. The summed E-state index contributed by atoms with van der Waals surface area (Å²) in [6.07, 6.45) is 1.54. The van der Waals surface area contributed by atoms with E-state index in [0.717, 1.165) is 14.9 Å². The van der Waals surface area contributed by atoms with Crippen LogP contribution in [-0.4, -0.2) is 4.98 Å². The van der Waals surface area contributed by atoms with Crippen LogP contribution < -0.4 is 4.74 Å². The quantitative estimate of drug-likeness (QED) is 0.560. The van der Waals surface area contributed by atoms with Crippen molar-refractivity contribution in [2.24, 2.45) is 0 Å². The number of halogens is 3. The minimum atomic E-state index is 0.338. The van der Waals surface area contributed by atoms with E-state index in [-0.39, 0.29) is 0 Å². The molecule has 1 heterocycles. The minimum Gasteiger partial charge on any atom is -0.439 e. The van der Waals surface area contributed by atoms with E-state index in [4.69, 9.17) is 27.9 Å². The Morgan fingerprint density at radius 2 is 1.94 bits per heavy atom. The smallest absolute Gasteiger partial charge is 0.219 e. The van der Waals surface area contributed by atoms with Crippen molar-refractivity contribution >= 4 is 45.8 Å². The third-order valence-corrected chi connectivity index (χ3v) is 3.44. The van der Waals surface area contributed by atoms with Crippen molar-refractivity contribution in [3.05, 3.63) is 50.7 Å². The second-order valence-corrected chi connectivity index (χ2v) is 5.22. The lowest BCUT2D eigenvalue weighted by atomic mass is 10.3. The van der Waals surface area contributed by atoms with Gasteiger partial charge in [0.15, 0.2) is 0 Å². The Bertz CT molecular complexity index is 516. The monoisotopic (exact) mass is 379 g/mol. The van der Waals surface area contributed by atoms with Crippen LogP contribution in [-0.2, 0) is 5.88 Å². The zero-order valence-electron chi connectivity index (χ0n) is 8.66. The lowest BCUT2D eigenvalue weighted by molar-refractivity contribution is 0.462. The van der Waals surface area contributed by atoms with Crippen molar-refractivity contribution in [2.45, 2.75) is 5.88 Å². The largest absolute Gasteiger partial charge is 0.439 e. The first kappa shape index (κ1) is 12.9. The first-order valence-corrected chi connectivity index (χ1v) is 6.82. The zero-order valence-corrected chi connectivity index (χ0v) is 12.3. The highest BCUT2D eigenvalue weighted by atomic mass is 127. The molecule has 0 N–H and O–H groups in total. The predicted molar refractivity (Wildman–Crippen MR) is 78.0 cm³/mol. The number of hydrogen-bond donors (Lipinski definition) is 0. The summed E-state index contributed by atoms with van der Waals surface area (Å²) in [5, 5.41) is 0.551. The van der Waals surface area contributed by atoms with E-state index in [9.17, 15) is 0 Å². The van der Waals surface area contributed by atoms with E-state index < -0.39 is 0 Å². The van der Waals surface area contributed by atoms with Crippen LogP contribution in [0.25, 0.3) is 0 Å². The van der Waals surface area contributed by atoms with Gasteiger partial charge in [0.1, 0.15) is 5.75 Å². The average molecular weight is 380 g/mol. The molecule has 0 amide bonds. The fraction of sp³-hybridized carbons (Fsp3) is 0.0833. The molecule has 1 aromatic heterocycles. The molecule has 0 aliphatic heterocycles. The van der Waals surface area contributed by atoms with Crippen LogP contribution in [0.1, 0.15) is 5.56 Å². The van der Waals surface area contributed by atoms with Gasteiger partial charge in [0.05, 0.1) is 5.02 Å². The summed E-state index contributed by atoms with van der Waals surface area (Å²) in [6.45, 7) is 0. The van der Waals surface area contributed by atoms with Gasteiger partial charge in [-0.3, -0.25) is 0 Å². The summed E-state index contributed by atoms with van der Waals surface area (Å²) in [5.74, 6) is 1.57. The van der Waals surface area contributed by atoms with Crippen molar-refractivity contribution in [3.8, 4) is 11.6 Å². The van der Waals surface area contributed by atoms with E-state index in [2.05, 4.69) is 27.6 Å². The van der Waals surface area contributed by atoms with E-state index in [1.165, 1.54) is 0 Å². The molecule has 0 radical (unpaired) electrons. The molecule has 1 aromatic carbocycles. The van der Waals surface area contributed by atoms with Crippen LogP contribution in [0.3, 0.4) is 0 Å². The highest BCUT2D eigenvalue weighted by Gasteiger charge is 2.04. The molecule has 2 aromatic rings. The molecule has 17 heavy (non-hydrogen) atoms. The molecule has 0 saturated heterocycles. The van der Waals surface area contributed by atoms with Crippen LogP contribution >= 0.6 is 45.8 Å². The molecule has 5 heteroatoms. The summed E-state index contributed by atoms with van der Waals surface area (Å²) < 4.78 is 6.75. The lowest BCUT2D eigenvalue weighted by Crippen LogP contribution is -1.90. The fourth-order valence-electron chi connectivity index (χ4n) is 1.24. The van der Waals surface area contributed by atoms with Gasteiger partial charge in [-0.25, -0.2) is 4.98 Å².